The molecule has 0 heterocycles. The van der Waals surface area contributed by atoms with Crippen molar-refractivity contribution in [2.45, 2.75) is 12.8 Å². The lowest BCUT2D eigenvalue weighted by Gasteiger charge is -2.17. The Hall–Kier alpha value is -17.1. The molecule has 590 valence electrons. The zero-order chi connectivity index (χ0) is 84.9. The van der Waals surface area contributed by atoms with Crippen LogP contribution in [0.4, 0.5) is 0 Å². The van der Waals surface area contributed by atoms with Crippen molar-refractivity contribution in [3.63, 3.8) is 0 Å². The van der Waals surface area contributed by atoms with Crippen LogP contribution in [0.5, 0.6) is 23.0 Å². The zero-order valence-corrected chi connectivity index (χ0v) is 69.1. The summed E-state index contributed by atoms with van der Waals surface area (Å²) >= 11 is 0. The van der Waals surface area contributed by atoms with E-state index in [9.17, 15) is 0 Å². The summed E-state index contributed by atoms with van der Waals surface area (Å²) in [6.07, 6.45) is 1.41. The van der Waals surface area contributed by atoms with E-state index in [1.807, 2.05) is 200 Å². The molecule has 0 saturated heterocycles. The highest BCUT2D eigenvalue weighted by Gasteiger charge is 2.38. The first-order valence-corrected chi connectivity index (χ1v) is 42.3. The Morgan fingerprint density at radius 1 is 0.190 bits per heavy atom. The van der Waals surface area contributed by atoms with Crippen molar-refractivity contribution in [3.8, 4) is 70.4 Å². The molecule has 0 saturated carbocycles. The number of ether oxygens (including phenoxy) is 2. The van der Waals surface area contributed by atoms with Crippen LogP contribution >= 0.6 is 0 Å². The van der Waals surface area contributed by atoms with Gasteiger partial charge in [-0.3, -0.25) is 4.79 Å². The molecule has 0 bridgehead atoms. The van der Waals surface area contributed by atoms with Gasteiger partial charge in [-0.25, -0.2) is 0 Å². The summed E-state index contributed by atoms with van der Waals surface area (Å²) in [5.41, 5.74) is 32.0. The lowest BCUT2D eigenvalue weighted by molar-refractivity contribution is -0.108. The Bertz CT molecular complexity index is 7260. The molecule has 0 spiro atoms. The average molecular weight is 1610 g/mol. The van der Waals surface area contributed by atoms with Crippen LogP contribution in [0.1, 0.15) is 118 Å². The molecule has 16 aromatic rings. The molecule has 19 rings (SSSR count). The summed E-state index contributed by atoms with van der Waals surface area (Å²) in [7, 11) is 0. The van der Waals surface area contributed by atoms with E-state index in [1.165, 1.54) is 0 Å². The summed E-state index contributed by atoms with van der Waals surface area (Å²) in [4.78, 5) is 15.7. The molecule has 16 aromatic carbocycles. The number of benzene rings is 16. The summed E-state index contributed by atoms with van der Waals surface area (Å²) in [6, 6.07) is 149. The highest BCUT2D eigenvalue weighted by atomic mass is 16.5. The number of rotatable bonds is 18. The average Bonchev–Trinajstić information content (AvgIpc) is 1.59. The third-order valence-corrected chi connectivity index (χ3v) is 22.8. The van der Waals surface area contributed by atoms with Crippen LogP contribution < -0.4 is 9.47 Å². The van der Waals surface area contributed by atoms with E-state index < -0.39 is 0 Å². The summed E-state index contributed by atoms with van der Waals surface area (Å²) in [5.74, 6) is 30.2. The van der Waals surface area contributed by atoms with Gasteiger partial charge in [-0.05, 0) is 262 Å². The quantitative estimate of drug-likeness (QED) is 0.0803. The number of carbonyl (C=O) groups excluding carboxylic acids is 1. The normalized spacial score (nSPS) is 12.9. The standard InChI is InChI=1S/C123H80O3/c1-85-111(95-45-21-7-22-46-95)115(101-63-71-107(72-64-101)125-109-75-67-103(68-76-109)117-113(97-49-25-9-26-50-97)86(2)114(98-51-27-10-28-52-98)119(117)105-81-91(44-34-33-43-87-35-13-3-14-36-87)79-92(82-105)60-57-88-37-15-4-16-38-88)116(112(85)96-47-23-8-24-48-96)102-65-73-108(74-66-102)126-110-77-69-104(70-78-110)118-120(122(100-55-31-12-32-56-100)123(124)121(118)99-53-29-11-30-54-99)106-83-93(61-58-89-39-17-5-18-40-89)80-94(84-106)62-59-90-41-19-6-20-42-90/h3-32,35-42,45-56,63-84H,1-2,34,44H2. The van der Waals surface area contributed by atoms with Gasteiger partial charge in [0.25, 0.3) is 0 Å². The number of hydrogen-bond acceptors (Lipinski definition) is 3. The molecule has 0 radical (unpaired) electrons. The van der Waals surface area contributed by atoms with Gasteiger partial charge in [-0.15, -0.1) is 0 Å². The van der Waals surface area contributed by atoms with E-state index in [0.29, 0.717) is 40.6 Å². The van der Waals surface area contributed by atoms with Gasteiger partial charge in [-0.1, -0.05) is 370 Å². The lowest BCUT2D eigenvalue weighted by Crippen LogP contribution is -2.01. The molecule has 0 atom stereocenters. The topological polar surface area (TPSA) is 35.5 Å². The molecule has 0 N–H and O–H groups in total. The maximum Gasteiger partial charge on any atom is 0.195 e. The molecule has 0 amide bonds. The molecular formula is C123H80O3. The smallest absolute Gasteiger partial charge is 0.195 e. The minimum atomic E-state index is -0.0731. The van der Waals surface area contributed by atoms with Gasteiger partial charge in [0.05, 0.1) is 0 Å². The second-order valence-electron chi connectivity index (χ2n) is 31.0. The molecule has 0 fully saturated rings. The Morgan fingerprint density at radius 2 is 0.405 bits per heavy atom. The van der Waals surface area contributed by atoms with Crippen molar-refractivity contribution in [1.82, 2.24) is 0 Å². The predicted octanol–water partition coefficient (Wildman–Crippen LogP) is 28.7. The van der Waals surface area contributed by atoms with Crippen LogP contribution in [-0.2, 0) is 11.2 Å². The minimum absolute atomic E-state index is 0.0731. The Kier molecular flexibility index (Phi) is 22.8. The van der Waals surface area contributed by atoms with Crippen molar-refractivity contribution < 1.29 is 14.3 Å². The van der Waals surface area contributed by atoms with Crippen LogP contribution in [0.3, 0.4) is 0 Å². The van der Waals surface area contributed by atoms with Crippen molar-refractivity contribution in [3.05, 3.63) is 572 Å². The fraction of sp³-hybridized carbons (Fsp3) is 0.0163. The van der Waals surface area contributed by atoms with E-state index in [-0.39, 0.29) is 5.78 Å². The number of carbonyl (C=O) groups is 1. The minimum Gasteiger partial charge on any atom is -0.457 e. The van der Waals surface area contributed by atoms with Gasteiger partial charge in [0.2, 0.25) is 0 Å². The predicted molar refractivity (Wildman–Crippen MR) is 521 cm³/mol. The Labute approximate surface area is 737 Å². The first-order chi connectivity index (χ1) is 62.2. The summed E-state index contributed by atoms with van der Waals surface area (Å²) in [6.45, 7) is 9.91. The highest BCUT2D eigenvalue weighted by molar-refractivity contribution is 6.59. The third-order valence-electron chi connectivity index (χ3n) is 22.8. The summed E-state index contributed by atoms with van der Waals surface area (Å²) < 4.78 is 13.8. The largest absolute Gasteiger partial charge is 0.457 e. The molecular weight excluding hydrogens is 1530 g/mol. The molecule has 3 aliphatic rings. The van der Waals surface area contributed by atoms with Crippen LogP contribution in [-0.4, -0.2) is 5.78 Å². The van der Waals surface area contributed by atoms with Crippen LogP contribution in [0.25, 0.3) is 66.9 Å². The van der Waals surface area contributed by atoms with Gasteiger partial charge >= 0.3 is 0 Å². The zero-order valence-electron chi connectivity index (χ0n) is 69.1. The molecule has 3 aliphatic carbocycles. The molecule has 0 unspecified atom stereocenters. The van der Waals surface area contributed by atoms with Crippen molar-refractivity contribution in [1.29, 1.82) is 0 Å². The van der Waals surface area contributed by atoms with E-state index in [4.69, 9.17) is 22.6 Å². The van der Waals surface area contributed by atoms with Gasteiger partial charge < -0.3 is 9.47 Å². The first-order valence-electron chi connectivity index (χ1n) is 42.3. The fourth-order valence-electron chi connectivity index (χ4n) is 17.0. The van der Waals surface area contributed by atoms with Gasteiger partial charge in [0.1, 0.15) is 23.0 Å². The summed E-state index contributed by atoms with van der Waals surface area (Å²) in [5, 5.41) is 0. The van der Waals surface area contributed by atoms with Crippen LogP contribution in [0.2, 0.25) is 0 Å². The van der Waals surface area contributed by atoms with E-state index in [0.717, 1.165) is 185 Å². The maximum absolute atomic E-state index is 15.7. The molecule has 0 aromatic heterocycles. The first kappa shape index (κ1) is 78.8. The highest BCUT2D eigenvalue weighted by Crippen LogP contribution is 2.57. The fourth-order valence-corrected chi connectivity index (χ4v) is 17.0. The third kappa shape index (κ3) is 17.1. The molecule has 0 aliphatic heterocycles. The van der Waals surface area contributed by atoms with E-state index in [1.54, 1.807) is 0 Å². The van der Waals surface area contributed by atoms with Crippen molar-refractivity contribution in [2.75, 3.05) is 0 Å². The number of ketones is 1. The maximum atomic E-state index is 15.7. The lowest BCUT2D eigenvalue weighted by atomic mass is 9.87. The SMILES string of the molecule is C=C1C(c2ccccc2)=C(c2ccc(Oc3ccc(C4=C(c5ccccc5)C(=C)C(c5ccccc5)=C4c4cc(C#Cc5ccccc5)cc(CCC#Cc5ccccc5)c4)cc3)cc2)C(c2ccc(Oc3ccc(C4=C(c5ccccc5)C(=O)C(c5ccccc5)=C4c4cc(C#Cc5ccccc5)cc(C#Cc5ccccc5)c4)cc3)cc2)=C1c1ccccc1. The number of allylic oxidation sites excluding steroid dienone is 14. The second kappa shape index (κ2) is 36.5. The number of aryl methyl sites for hydroxylation is 1. The van der Waals surface area contributed by atoms with Gasteiger partial charge in [0, 0.05) is 67.7 Å². The molecule has 126 heavy (non-hydrogen) atoms. The molecule has 3 heteroatoms. The Balaban J connectivity index is 0.648. The van der Waals surface area contributed by atoms with Gasteiger partial charge in [-0.2, -0.15) is 0 Å². The van der Waals surface area contributed by atoms with Crippen LogP contribution in [0, 0.1) is 47.4 Å². The van der Waals surface area contributed by atoms with Crippen molar-refractivity contribution >= 4 is 72.7 Å². The number of Topliss-reactive ketones (excluding diaryl/α,β-unsaturated/α-hetero) is 1. The Morgan fingerprint density at radius 3 is 0.698 bits per heavy atom. The number of hydrogen-bond donors (Lipinski definition) is 0. The molecule has 3 nitrogen and oxygen atoms in total. The monoisotopic (exact) mass is 1600 g/mol. The van der Waals surface area contributed by atoms with E-state index >= 15 is 4.79 Å². The van der Waals surface area contributed by atoms with Crippen LogP contribution in [0.15, 0.2) is 461 Å². The van der Waals surface area contributed by atoms with Gasteiger partial charge in [0.15, 0.2) is 5.78 Å². The second-order valence-corrected chi connectivity index (χ2v) is 31.0. The van der Waals surface area contributed by atoms with Crippen molar-refractivity contribution in [2.24, 2.45) is 0 Å². The van der Waals surface area contributed by atoms with E-state index in [2.05, 4.69) is 284 Å².